The van der Waals surface area contributed by atoms with Crippen LogP contribution in [-0.4, -0.2) is 45.9 Å². The third-order valence-corrected chi connectivity index (χ3v) is 6.35. The molecule has 1 saturated heterocycles. The number of carbonyl (C=O) groups is 2. The van der Waals surface area contributed by atoms with Crippen molar-refractivity contribution in [3.8, 4) is 5.75 Å². The summed E-state index contributed by atoms with van der Waals surface area (Å²) in [6, 6.07) is 15.0. The molecule has 3 aromatic rings. The molecular formula is C25H27N3O3. The second-order valence-corrected chi connectivity index (χ2v) is 8.22. The highest BCUT2D eigenvalue weighted by atomic mass is 16.5. The highest BCUT2D eigenvalue weighted by molar-refractivity contribution is 6.05. The molecule has 1 fully saturated rings. The average molecular weight is 418 g/mol. The minimum absolute atomic E-state index is 0.0830. The molecule has 0 radical (unpaired) electrons. The van der Waals surface area contributed by atoms with E-state index < -0.39 is 6.04 Å². The standard InChI is InChI=1S/C25H27N3O3/c1-3-5-13-27-24(29)21-15-19-18-11-6-7-12-20(18)26-22(19)23(28(21)25(27)30)16-9-8-10-17(14-16)31-4-2/h6-12,14,21,23,26H,3-5,13,15H2,1-2H3/t21-,23+/m0/s1. The van der Waals surface area contributed by atoms with Crippen LogP contribution < -0.4 is 4.74 Å². The van der Waals surface area contributed by atoms with Crippen LogP contribution >= 0.6 is 0 Å². The topological polar surface area (TPSA) is 65.6 Å². The summed E-state index contributed by atoms with van der Waals surface area (Å²) in [5.41, 5.74) is 4.09. The molecule has 2 aromatic carbocycles. The van der Waals surface area contributed by atoms with E-state index in [0.717, 1.165) is 46.3 Å². The Hall–Kier alpha value is -3.28. The minimum Gasteiger partial charge on any atom is -0.494 e. The van der Waals surface area contributed by atoms with Crippen LogP contribution in [0.5, 0.6) is 5.75 Å². The molecule has 0 aliphatic carbocycles. The van der Waals surface area contributed by atoms with Gasteiger partial charge in [-0.2, -0.15) is 0 Å². The molecular weight excluding hydrogens is 390 g/mol. The molecule has 3 heterocycles. The van der Waals surface area contributed by atoms with E-state index in [4.69, 9.17) is 4.74 Å². The number of para-hydroxylation sites is 1. The molecule has 2 aliphatic heterocycles. The van der Waals surface area contributed by atoms with Gasteiger partial charge in [-0.05, 0) is 42.7 Å². The Morgan fingerprint density at radius 2 is 1.94 bits per heavy atom. The lowest BCUT2D eigenvalue weighted by atomic mass is 9.89. The maximum atomic E-state index is 13.5. The van der Waals surface area contributed by atoms with Gasteiger partial charge in [0.15, 0.2) is 0 Å². The fourth-order valence-corrected chi connectivity index (χ4v) is 4.94. The molecule has 3 amide bonds. The van der Waals surface area contributed by atoms with Gasteiger partial charge in [-0.25, -0.2) is 4.79 Å². The lowest BCUT2D eigenvalue weighted by Gasteiger charge is -2.36. The van der Waals surface area contributed by atoms with E-state index >= 15 is 0 Å². The number of aromatic nitrogens is 1. The monoisotopic (exact) mass is 417 g/mol. The van der Waals surface area contributed by atoms with Gasteiger partial charge in [-0.1, -0.05) is 43.7 Å². The number of H-pyrrole nitrogens is 1. The number of nitrogens with zero attached hydrogens (tertiary/aromatic N) is 2. The molecule has 0 unspecified atom stereocenters. The molecule has 1 aromatic heterocycles. The van der Waals surface area contributed by atoms with E-state index in [1.165, 1.54) is 4.90 Å². The highest BCUT2D eigenvalue weighted by Gasteiger charge is 2.52. The number of carbonyl (C=O) groups excluding carboxylic acids is 2. The Bertz CT molecular complexity index is 1150. The largest absolute Gasteiger partial charge is 0.494 e. The number of nitrogens with one attached hydrogen (secondary N) is 1. The van der Waals surface area contributed by atoms with Crippen LogP contribution in [0.4, 0.5) is 4.79 Å². The van der Waals surface area contributed by atoms with E-state index in [-0.39, 0.29) is 18.0 Å². The van der Waals surface area contributed by atoms with Gasteiger partial charge in [0.05, 0.1) is 6.61 Å². The summed E-state index contributed by atoms with van der Waals surface area (Å²) in [7, 11) is 0. The SMILES string of the molecule is CCCCN1C(=O)[C@@H]2Cc3c([nH]c4ccccc34)[C@@H](c3cccc(OCC)c3)N2C1=O. The van der Waals surface area contributed by atoms with Crippen LogP contribution in [0.25, 0.3) is 10.9 Å². The Morgan fingerprint density at radius 3 is 2.74 bits per heavy atom. The number of amides is 3. The quantitative estimate of drug-likeness (QED) is 0.594. The molecule has 2 atom stereocenters. The van der Waals surface area contributed by atoms with E-state index in [0.29, 0.717) is 19.6 Å². The third kappa shape index (κ3) is 3.09. The number of urea groups is 1. The zero-order valence-corrected chi connectivity index (χ0v) is 17.9. The first-order valence-corrected chi connectivity index (χ1v) is 11.1. The molecule has 160 valence electrons. The summed E-state index contributed by atoms with van der Waals surface area (Å²) in [4.78, 5) is 33.5. The Balaban J connectivity index is 1.67. The van der Waals surface area contributed by atoms with E-state index in [1.807, 2.05) is 49.4 Å². The summed E-state index contributed by atoms with van der Waals surface area (Å²) in [5.74, 6) is 0.681. The summed E-state index contributed by atoms with van der Waals surface area (Å²) in [6.45, 7) is 5.06. The van der Waals surface area contributed by atoms with E-state index in [2.05, 4.69) is 18.0 Å². The molecule has 6 nitrogen and oxygen atoms in total. The van der Waals surface area contributed by atoms with Crippen LogP contribution in [0.2, 0.25) is 0 Å². The second-order valence-electron chi connectivity index (χ2n) is 8.22. The van der Waals surface area contributed by atoms with E-state index in [9.17, 15) is 9.59 Å². The number of unbranched alkanes of at least 4 members (excludes halogenated alkanes) is 1. The molecule has 1 N–H and O–H groups in total. The Kier molecular flexibility index (Phi) is 4.93. The van der Waals surface area contributed by atoms with Crippen LogP contribution in [0, 0.1) is 0 Å². The summed E-state index contributed by atoms with van der Waals surface area (Å²) >= 11 is 0. The predicted molar refractivity (Wildman–Crippen MR) is 119 cm³/mol. The zero-order chi connectivity index (χ0) is 21.5. The first-order chi connectivity index (χ1) is 15.1. The van der Waals surface area contributed by atoms with Crippen LogP contribution in [-0.2, 0) is 11.2 Å². The van der Waals surface area contributed by atoms with Crippen molar-refractivity contribution in [2.45, 2.75) is 45.2 Å². The molecule has 0 spiro atoms. The number of aromatic amines is 1. The first kappa shape index (κ1) is 19.7. The number of benzene rings is 2. The van der Waals surface area contributed by atoms with Crippen molar-refractivity contribution in [2.24, 2.45) is 0 Å². The second kappa shape index (κ2) is 7.76. The number of hydrogen-bond acceptors (Lipinski definition) is 3. The van der Waals surface area contributed by atoms with Crippen LogP contribution in [0.1, 0.15) is 49.6 Å². The van der Waals surface area contributed by atoms with Gasteiger partial charge in [-0.3, -0.25) is 14.6 Å². The number of ether oxygens (including phenoxy) is 1. The third-order valence-electron chi connectivity index (χ3n) is 6.35. The Morgan fingerprint density at radius 1 is 1.10 bits per heavy atom. The molecule has 5 rings (SSSR count). The zero-order valence-electron chi connectivity index (χ0n) is 17.9. The van der Waals surface area contributed by atoms with Crippen LogP contribution in [0.15, 0.2) is 48.5 Å². The number of rotatable bonds is 6. The smallest absolute Gasteiger partial charge is 0.328 e. The van der Waals surface area contributed by atoms with Crippen molar-refractivity contribution >= 4 is 22.8 Å². The normalized spacial score (nSPS) is 20.3. The molecule has 0 bridgehead atoms. The van der Waals surface area contributed by atoms with Crippen LogP contribution in [0.3, 0.4) is 0 Å². The van der Waals surface area contributed by atoms with Crippen molar-refractivity contribution in [2.75, 3.05) is 13.2 Å². The van der Waals surface area contributed by atoms with E-state index in [1.54, 1.807) is 4.90 Å². The maximum Gasteiger partial charge on any atom is 0.328 e. The Labute approximate surface area is 181 Å². The molecule has 31 heavy (non-hydrogen) atoms. The number of hydrogen-bond donors (Lipinski definition) is 1. The van der Waals surface area contributed by atoms with Crippen molar-refractivity contribution in [1.82, 2.24) is 14.8 Å². The van der Waals surface area contributed by atoms with Crippen molar-refractivity contribution in [3.05, 3.63) is 65.4 Å². The van der Waals surface area contributed by atoms with Gasteiger partial charge in [-0.15, -0.1) is 0 Å². The molecule has 0 saturated carbocycles. The first-order valence-electron chi connectivity index (χ1n) is 11.1. The average Bonchev–Trinajstić information content (AvgIpc) is 3.26. The molecule has 6 heteroatoms. The summed E-state index contributed by atoms with van der Waals surface area (Å²) < 4.78 is 5.73. The predicted octanol–water partition coefficient (Wildman–Crippen LogP) is 4.65. The number of imide groups is 1. The fraction of sp³-hybridized carbons (Fsp3) is 0.360. The minimum atomic E-state index is -0.475. The van der Waals surface area contributed by atoms with Crippen molar-refractivity contribution in [1.29, 1.82) is 0 Å². The van der Waals surface area contributed by atoms with Gasteiger partial charge < -0.3 is 9.72 Å². The van der Waals surface area contributed by atoms with Gasteiger partial charge in [0.25, 0.3) is 5.91 Å². The fourth-order valence-electron chi connectivity index (χ4n) is 4.94. The van der Waals surface area contributed by atoms with Gasteiger partial charge in [0.1, 0.15) is 17.8 Å². The van der Waals surface area contributed by atoms with Crippen molar-refractivity contribution < 1.29 is 14.3 Å². The maximum absolute atomic E-state index is 13.5. The number of fused-ring (bicyclic) bond motifs is 4. The van der Waals surface area contributed by atoms with Gasteiger partial charge in [0, 0.05) is 29.6 Å². The molecule has 2 aliphatic rings. The van der Waals surface area contributed by atoms with Crippen molar-refractivity contribution in [3.63, 3.8) is 0 Å². The van der Waals surface area contributed by atoms with Gasteiger partial charge >= 0.3 is 6.03 Å². The van der Waals surface area contributed by atoms with Gasteiger partial charge in [0.2, 0.25) is 0 Å². The highest BCUT2D eigenvalue weighted by Crippen LogP contribution is 2.44. The summed E-state index contributed by atoms with van der Waals surface area (Å²) in [5, 5.41) is 1.12. The lowest BCUT2D eigenvalue weighted by Crippen LogP contribution is -2.44. The lowest BCUT2D eigenvalue weighted by molar-refractivity contribution is -0.128. The summed E-state index contributed by atoms with van der Waals surface area (Å²) in [6.07, 6.45) is 2.29.